The summed E-state index contributed by atoms with van der Waals surface area (Å²) in [6, 6.07) is 9.42. The highest BCUT2D eigenvalue weighted by atomic mass is 79.9. The van der Waals surface area contributed by atoms with Crippen molar-refractivity contribution in [3.8, 4) is 5.75 Å². The molecule has 0 unspecified atom stereocenters. The number of aromatic nitrogens is 2. The van der Waals surface area contributed by atoms with Crippen molar-refractivity contribution in [3.63, 3.8) is 0 Å². The third-order valence-corrected chi connectivity index (χ3v) is 5.13. The maximum absolute atomic E-state index is 13.1. The van der Waals surface area contributed by atoms with Crippen LogP contribution in [0.1, 0.15) is 32.2 Å². The number of halogens is 1. The van der Waals surface area contributed by atoms with E-state index in [9.17, 15) is 19.7 Å². The first-order valence-electron chi connectivity index (χ1n) is 10.1. The fourth-order valence-electron chi connectivity index (χ4n) is 3.06. The SMILES string of the molecule is CCOC(=O)[C@H](C)Oc1c(C=Nn2c(CC)nc3ccc(Br)cc3c2=O)cccc1[N+](=O)[O-]. The van der Waals surface area contributed by atoms with Crippen molar-refractivity contribution < 1.29 is 19.2 Å². The molecule has 33 heavy (non-hydrogen) atoms. The van der Waals surface area contributed by atoms with Gasteiger partial charge in [0.25, 0.3) is 5.56 Å². The fraction of sp³-hybridized carbons (Fsp3) is 0.273. The topological polar surface area (TPSA) is 126 Å². The molecule has 10 nitrogen and oxygen atoms in total. The van der Waals surface area contributed by atoms with Crippen molar-refractivity contribution >= 4 is 44.7 Å². The van der Waals surface area contributed by atoms with Crippen molar-refractivity contribution in [2.75, 3.05) is 6.61 Å². The fourth-order valence-corrected chi connectivity index (χ4v) is 3.42. The van der Waals surface area contributed by atoms with Crippen molar-refractivity contribution in [2.45, 2.75) is 33.3 Å². The Morgan fingerprint density at radius 1 is 1.33 bits per heavy atom. The summed E-state index contributed by atoms with van der Waals surface area (Å²) in [5.41, 5.74) is 0.0127. The Balaban J connectivity index is 2.10. The third kappa shape index (κ3) is 5.25. The number of nitro benzene ring substituents is 1. The van der Waals surface area contributed by atoms with Crippen molar-refractivity contribution in [3.05, 3.63) is 72.7 Å². The molecule has 0 fully saturated rings. The molecule has 0 spiro atoms. The normalized spacial score (nSPS) is 12.1. The maximum Gasteiger partial charge on any atom is 0.347 e. The molecular formula is C22H21BrN4O6. The number of aryl methyl sites for hydroxylation is 1. The average molecular weight is 517 g/mol. The first-order chi connectivity index (χ1) is 15.8. The van der Waals surface area contributed by atoms with Gasteiger partial charge in [-0.2, -0.15) is 9.78 Å². The van der Waals surface area contributed by atoms with E-state index in [0.29, 0.717) is 23.1 Å². The minimum atomic E-state index is -1.09. The lowest BCUT2D eigenvalue weighted by molar-refractivity contribution is -0.386. The summed E-state index contributed by atoms with van der Waals surface area (Å²) in [4.78, 5) is 40.5. The molecule has 1 atom stereocenters. The highest BCUT2D eigenvalue weighted by Gasteiger charge is 2.24. The predicted octanol–water partition coefficient (Wildman–Crippen LogP) is 3.84. The molecule has 3 rings (SSSR count). The molecule has 172 valence electrons. The lowest BCUT2D eigenvalue weighted by Crippen LogP contribution is -2.27. The first kappa shape index (κ1) is 24.1. The van der Waals surface area contributed by atoms with Crippen molar-refractivity contribution in [1.82, 2.24) is 9.66 Å². The molecule has 2 aromatic carbocycles. The summed E-state index contributed by atoms with van der Waals surface area (Å²) in [5, 5.41) is 16.2. The van der Waals surface area contributed by atoms with Gasteiger partial charge in [0.1, 0.15) is 5.82 Å². The van der Waals surface area contributed by atoms with E-state index in [1.807, 2.05) is 6.92 Å². The largest absolute Gasteiger partial charge is 0.471 e. The van der Waals surface area contributed by atoms with Gasteiger partial charge in [-0.1, -0.05) is 28.9 Å². The Labute approximate surface area is 197 Å². The molecule has 0 aliphatic carbocycles. The Morgan fingerprint density at radius 2 is 2.09 bits per heavy atom. The standard InChI is InChI=1S/C22H21BrN4O6/c1-4-19-25-17-10-9-15(23)11-16(17)21(28)26(19)24-12-14-7-6-8-18(27(30)31)20(14)33-13(3)22(29)32-5-2/h6-13H,4-5H2,1-3H3/t13-/m0/s1. The van der Waals surface area contributed by atoms with E-state index in [1.165, 1.54) is 31.3 Å². The number of esters is 1. The van der Waals surface area contributed by atoms with Crippen LogP contribution < -0.4 is 10.3 Å². The molecule has 3 aromatic rings. The van der Waals surface area contributed by atoms with Gasteiger partial charge in [-0.25, -0.2) is 9.78 Å². The number of ether oxygens (including phenoxy) is 2. The summed E-state index contributed by atoms with van der Waals surface area (Å²) in [5.74, 6) is -0.402. The molecule has 1 heterocycles. The van der Waals surface area contributed by atoms with Crippen LogP contribution in [0, 0.1) is 10.1 Å². The second-order valence-corrected chi connectivity index (χ2v) is 7.78. The minimum Gasteiger partial charge on any atom is -0.471 e. The summed E-state index contributed by atoms with van der Waals surface area (Å²) >= 11 is 3.35. The number of para-hydroxylation sites is 1. The Bertz CT molecular complexity index is 1300. The number of benzene rings is 2. The Hall–Kier alpha value is -3.60. The van der Waals surface area contributed by atoms with E-state index in [1.54, 1.807) is 25.1 Å². The van der Waals surface area contributed by atoms with Crippen LogP contribution in [-0.2, 0) is 16.0 Å². The smallest absolute Gasteiger partial charge is 0.347 e. The summed E-state index contributed by atoms with van der Waals surface area (Å²) in [7, 11) is 0. The molecule has 0 aliphatic rings. The number of hydrogen-bond donors (Lipinski definition) is 0. The Morgan fingerprint density at radius 3 is 2.76 bits per heavy atom. The zero-order valence-electron chi connectivity index (χ0n) is 18.1. The minimum absolute atomic E-state index is 0.144. The second-order valence-electron chi connectivity index (χ2n) is 6.87. The molecule has 0 amide bonds. The molecule has 0 aliphatic heterocycles. The van der Waals surface area contributed by atoms with Gasteiger partial charge in [-0.15, -0.1) is 0 Å². The van der Waals surface area contributed by atoms with Crippen LogP contribution in [0.15, 0.2) is 50.8 Å². The summed E-state index contributed by atoms with van der Waals surface area (Å²) in [6.45, 7) is 5.06. The molecule has 0 bridgehead atoms. The second kappa shape index (κ2) is 10.3. The zero-order chi connectivity index (χ0) is 24.1. The summed E-state index contributed by atoms with van der Waals surface area (Å²) in [6.07, 6.45) is 0.607. The quantitative estimate of drug-likeness (QED) is 0.192. The van der Waals surface area contributed by atoms with Crippen LogP contribution in [0.5, 0.6) is 5.75 Å². The summed E-state index contributed by atoms with van der Waals surface area (Å²) < 4.78 is 12.4. The van der Waals surface area contributed by atoms with E-state index >= 15 is 0 Å². The van der Waals surface area contributed by atoms with Crippen LogP contribution in [-0.4, -0.2) is 39.5 Å². The number of rotatable bonds is 8. The average Bonchev–Trinajstić information content (AvgIpc) is 2.79. The number of fused-ring (bicyclic) bond motifs is 1. The van der Waals surface area contributed by atoms with Gasteiger partial charge in [0, 0.05) is 22.5 Å². The van der Waals surface area contributed by atoms with Gasteiger partial charge in [0.2, 0.25) is 5.75 Å². The molecule has 0 saturated carbocycles. The van der Waals surface area contributed by atoms with Gasteiger partial charge >= 0.3 is 11.7 Å². The zero-order valence-corrected chi connectivity index (χ0v) is 19.7. The van der Waals surface area contributed by atoms with Crippen LogP contribution in [0.4, 0.5) is 5.69 Å². The van der Waals surface area contributed by atoms with Gasteiger partial charge in [0.05, 0.1) is 28.6 Å². The number of carbonyl (C=O) groups is 1. The molecule has 11 heteroatoms. The van der Waals surface area contributed by atoms with E-state index in [0.717, 1.165) is 9.15 Å². The van der Waals surface area contributed by atoms with Crippen molar-refractivity contribution in [1.29, 1.82) is 0 Å². The molecular weight excluding hydrogens is 496 g/mol. The molecule has 0 saturated heterocycles. The highest BCUT2D eigenvalue weighted by molar-refractivity contribution is 9.10. The van der Waals surface area contributed by atoms with Crippen LogP contribution in [0.2, 0.25) is 0 Å². The Kier molecular flexibility index (Phi) is 7.54. The monoisotopic (exact) mass is 516 g/mol. The van der Waals surface area contributed by atoms with E-state index in [-0.39, 0.29) is 29.2 Å². The van der Waals surface area contributed by atoms with Gasteiger partial charge in [0.15, 0.2) is 6.10 Å². The maximum atomic E-state index is 13.1. The lowest BCUT2D eigenvalue weighted by Gasteiger charge is -2.15. The van der Waals surface area contributed by atoms with E-state index in [2.05, 4.69) is 26.0 Å². The number of carbonyl (C=O) groups excluding carboxylic acids is 1. The highest BCUT2D eigenvalue weighted by Crippen LogP contribution is 2.31. The number of nitrogens with zero attached hydrogens (tertiary/aromatic N) is 4. The first-order valence-corrected chi connectivity index (χ1v) is 10.9. The van der Waals surface area contributed by atoms with E-state index < -0.39 is 17.0 Å². The van der Waals surface area contributed by atoms with Crippen molar-refractivity contribution in [2.24, 2.45) is 5.10 Å². The van der Waals surface area contributed by atoms with Gasteiger partial charge < -0.3 is 9.47 Å². The van der Waals surface area contributed by atoms with Gasteiger partial charge in [-0.3, -0.25) is 14.9 Å². The number of nitro groups is 1. The third-order valence-electron chi connectivity index (χ3n) is 4.64. The van der Waals surface area contributed by atoms with E-state index in [4.69, 9.17) is 9.47 Å². The van der Waals surface area contributed by atoms with Crippen LogP contribution in [0.25, 0.3) is 10.9 Å². The predicted molar refractivity (Wildman–Crippen MR) is 126 cm³/mol. The lowest BCUT2D eigenvalue weighted by atomic mass is 10.2. The van der Waals surface area contributed by atoms with Crippen LogP contribution >= 0.6 is 15.9 Å². The molecule has 0 radical (unpaired) electrons. The number of hydrogen-bond acceptors (Lipinski definition) is 8. The molecule has 1 aromatic heterocycles. The molecule has 0 N–H and O–H groups in total. The van der Waals surface area contributed by atoms with Gasteiger partial charge in [-0.05, 0) is 38.1 Å². The van der Waals surface area contributed by atoms with Crippen LogP contribution in [0.3, 0.4) is 0 Å².